The number of fused-ring (bicyclic) bond motifs is 1. The molecule has 0 amide bonds. The Balaban J connectivity index is 1.34. The zero-order valence-electron chi connectivity index (χ0n) is 24.1. The molecule has 0 aliphatic carbocycles. The van der Waals surface area contributed by atoms with Crippen LogP contribution in [0.1, 0.15) is 56.2 Å². The zero-order valence-corrected chi connectivity index (χ0v) is 24.1. The fourth-order valence-electron chi connectivity index (χ4n) is 5.41. The van der Waals surface area contributed by atoms with E-state index in [9.17, 15) is 18.0 Å². The molecule has 0 atom stereocenters. The monoisotopic (exact) mass is 573 g/mol. The van der Waals surface area contributed by atoms with Gasteiger partial charge in [0, 0.05) is 81.7 Å². The summed E-state index contributed by atoms with van der Waals surface area (Å²) in [4.78, 5) is 26.5. The molecule has 0 spiro atoms. The lowest BCUT2D eigenvalue weighted by molar-refractivity contribution is -0.138. The molecule has 2 aliphatic rings. The van der Waals surface area contributed by atoms with Gasteiger partial charge in [0.05, 0.1) is 16.8 Å². The summed E-state index contributed by atoms with van der Waals surface area (Å²) < 4.78 is 42.2. The smallest absolute Gasteiger partial charge is 0.373 e. The number of anilines is 1. The summed E-state index contributed by atoms with van der Waals surface area (Å²) in [7, 11) is 1.81. The first-order valence-corrected chi connectivity index (χ1v) is 14.2. The number of halogens is 3. The van der Waals surface area contributed by atoms with Crippen LogP contribution in [0.5, 0.6) is 0 Å². The van der Waals surface area contributed by atoms with Crippen molar-refractivity contribution in [2.75, 3.05) is 45.1 Å². The Morgan fingerprint density at radius 1 is 1.02 bits per heavy atom. The largest absolute Gasteiger partial charge is 0.416 e. The number of carbonyl (C=O) groups is 1. The summed E-state index contributed by atoms with van der Waals surface area (Å²) in [6.45, 7) is 8.34. The second-order valence-electron chi connectivity index (χ2n) is 10.7. The number of aromatic nitrogens is 1. The van der Waals surface area contributed by atoms with Gasteiger partial charge in [-0.3, -0.25) is 14.7 Å². The van der Waals surface area contributed by atoms with Crippen LogP contribution in [-0.2, 0) is 25.6 Å². The van der Waals surface area contributed by atoms with Crippen LogP contribution in [0.25, 0.3) is 0 Å². The Bertz CT molecular complexity index is 1580. The molecule has 42 heavy (non-hydrogen) atoms. The van der Waals surface area contributed by atoms with Crippen molar-refractivity contribution < 1.29 is 18.0 Å². The molecular formula is C33H34F3N5O. The van der Waals surface area contributed by atoms with Gasteiger partial charge in [0.25, 0.3) is 0 Å². The van der Waals surface area contributed by atoms with Crippen molar-refractivity contribution >= 4 is 23.5 Å². The molecule has 1 fully saturated rings. The van der Waals surface area contributed by atoms with Crippen molar-refractivity contribution in [1.82, 2.24) is 14.8 Å². The summed E-state index contributed by atoms with van der Waals surface area (Å²) in [5.41, 5.74) is 4.35. The number of Topliss-reactive ketones (excluding diaryl/α,β-unsaturated/α-hetero) is 1. The minimum atomic E-state index is -4.50. The summed E-state index contributed by atoms with van der Waals surface area (Å²) in [6, 6.07) is 9.51. The van der Waals surface area contributed by atoms with E-state index in [4.69, 9.17) is 0 Å². The lowest BCUT2D eigenvalue weighted by atomic mass is 9.96. The highest BCUT2D eigenvalue weighted by Crippen LogP contribution is 2.34. The highest BCUT2D eigenvalue weighted by atomic mass is 19.4. The van der Waals surface area contributed by atoms with Gasteiger partial charge < -0.3 is 10.2 Å². The Hall–Kier alpha value is -4.00. The lowest BCUT2D eigenvalue weighted by Crippen LogP contribution is -2.45. The van der Waals surface area contributed by atoms with Gasteiger partial charge in [-0.25, -0.2) is 4.98 Å². The third-order valence-electron chi connectivity index (χ3n) is 7.94. The van der Waals surface area contributed by atoms with E-state index in [1.165, 1.54) is 6.07 Å². The van der Waals surface area contributed by atoms with E-state index in [2.05, 4.69) is 43.9 Å². The van der Waals surface area contributed by atoms with Crippen molar-refractivity contribution in [3.05, 3.63) is 87.1 Å². The third-order valence-corrected chi connectivity index (χ3v) is 7.94. The normalized spacial score (nSPS) is 15.3. The van der Waals surface area contributed by atoms with Crippen LogP contribution in [0, 0.1) is 18.8 Å². The molecule has 3 heterocycles. The van der Waals surface area contributed by atoms with Gasteiger partial charge >= 0.3 is 6.18 Å². The number of rotatable bonds is 7. The number of hydrogen-bond acceptors (Lipinski definition) is 6. The fraction of sp³-hybridized carbons (Fsp3) is 0.364. The third kappa shape index (κ3) is 6.56. The van der Waals surface area contributed by atoms with E-state index in [0.717, 1.165) is 61.4 Å². The number of aliphatic imine (C=N–C) groups is 1. The number of hydrogen-bond donors (Lipinski definition) is 1. The average Bonchev–Trinajstić information content (AvgIpc) is 3.48. The Labute approximate surface area is 244 Å². The number of benzene rings is 2. The van der Waals surface area contributed by atoms with Gasteiger partial charge in [0.2, 0.25) is 0 Å². The van der Waals surface area contributed by atoms with Crippen LogP contribution < -0.4 is 5.32 Å². The van der Waals surface area contributed by atoms with E-state index >= 15 is 0 Å². The fourth-order valence-corrected chi connectivity index (χ4v) is 5.41. The highest BCUT2D eigenvalue weighted by molar-refractivity contribution is 5.98. The zero-order chi connectivity index (χ0) is 29.9. The number of likely N-dealkylation sites (N-methyl/N-ethyl adjacent to an activating group) is 1. The van der Waals surface area contributed by atoms with Gasteiger partial charge in [-0.15, -0.1) is 0 Å². The van der Waals surface area contributed by atoms with E-state index < -0.39 is 11.7 Å². The van der Waals surface area contributed by atoms with Gasteiger partial charge in [-0.05, 0) is 42.3 Å². The second kappa shape index (κ2) is 12.5. The van der Waals surface area contributed by atoms with E-state index in [1.807, 2.05) is 26.3 Å². The van der Waals surface area contributed by atoms with Gasteiger partial charge in [-0.2, -0.15) is 13.2 Å². The van der Waals surface area contributed by atoms with Crippen molar-refractivity contribution in [2.45, 2.75) is 39.4 Å². The number of nitrogens with one attached hydrogen (secondary N) is 1. The van der Waals surface area contributed by atoms with Crippen LogP contribution >= 0.6 is 0 Å². The lowest BCUT2D eigenvalue weighted by Gasteiger charge is -2.34. The number of ketones is 1. The second-order valence-corrected chi connectivity index (χ2v) is 10.7. The molecule has 6 nitrogen and oxygen atoms in total. The molecule has 0 bridgehead atoms. The van der Waals surface area contributed by atoms with E-state index in [0.29, 0.717) is 28.7 Å². The quantitative estimate of drug-likeness (QED) is 0.292. The summed E-state index contributed by atoms with van der Waals surface area (Å²) in [5, 5.41) is 3.07. The van der Waals surface area contributed by atoms with E-state index in [-0.39, 0.29) is 24.3 Å². The number of aryl methyl sites for hydroxylation is 1. The molecule has 0 unspecified atom stereocenters. The van der Waals surface area contributed by atoms with Crippen LogP contribution in [0.3, 0.4) is 0 Å². The molecule has 218 valence electrons. The van der Waals surface area contributed by atoms with Crippen molar-refractivity contribution in [3.63, 3.8) is 0 Å². The van der Waals surface area contributed by atoms with E-state index in [1.54, 1.807) is 24.4 Å². The highest BCUT2D eigenvalue weighted by Gasteiger charge is 2.34. The average molecular weight is 574 g/mol. The Morgan fingerprint density at radius 3 is 2.48 bits per heavy atom. The van der Waals surface area contributed by atoms with Gasteiger partial charge in [0.15, 0.2) is 5.78 Å². The van der Waals surface area contributed by atoms with Crippen LogP contribution in [0.15, 0.2) is 47.6 Å². The summed E-state index contributed by atoms with van der Waals surface area (Å²) in [6.07, 6.45) is -0.447. The van der Waals surface area contributed by atoms with Gasteiger partial charge in [-0.1, -0.05) is 43.0 Å². The molecule has 5 rings (SSSR count). The van der Waals surface area contributed by atoms with Crippen LogP contribution in [0.2, 0.25) is 0 Å². The molecule has 2 aliphatic heterocycles. The predicted molar refractivity (Wildman–Crippen MR) is 160 cm³/mol. The molecule has 1 saturated heterocycles. The first-order valence-electron chi connectivity index (χ1n) is 14.2. The van der Waals surface area contributed by atoms with Crippen molar-refractivity contribution in [1.29, 1.82) is 0 Å². The maximum Gasteiger partial charge on any atom is 0.416 e. The number of nitrogens with zero attached hydrogens (tertiary/aromatic N) is 4. The molecule has 0 radical (unpaired) electrons. The standard InChI is InChI=1S/C33H34F3N5O/c1-4-40-13-15-41(16-14-40)21-27-8-6-23(17-29(27)33(34,35)36)18-30(42)25-7-5-22(2)24(19-25)9-10-26-20-39-32(37-3)28-11-12-38-31(26)28/h5-8,12,17,19-20H,4,11,13-16,18,21H2,1-3H3,(H,37,39). The van der Waals surface area contributed by atoms with Crippen molar-refractivity contribution in [2.24, 2.45) is 4.99 Å². The number of piperazine rings is 1. The SMILES string of the molecule is CCN1CCN(Cc2ccc(CC(=O)c3ccc(C)c(C#Cc4cnc(NC)c5c4N=CC5)c3)cc2C(F)(F)F)CC1. The maximum absolute atomic E-state index is 14.1. The maximum atomic E-state index is 14.1. The Morgan fingerprint density at radius 2 is 1.76 bits per heavy atom. The summed E-state index contributed by atoms with van der Waals surface area (Å²) >= 11 is 0. The molecular weight excluding hydrogens is 539 g/mol. The minimum Gasteiger partial charge on any atom is -0.373 e. The number of carbonyl (C=O) groups excluding carboxylic acids is 1. The first kappa shape index (κ1) is 29.5. The topological polar surface area (TPSA) is 60.8 Å². The molecule has 2 aromatic carbocycles. The Kier molecular flexibility index (Phi) is 8.76. The summed E-state index contributed by atoms with van der Waals surface area (Å²) in [5.74, 6) is 6.79. The molecule has 1 N–H and O–H groups in total. The predicted octanol–water partition coefficient (Wildman–Crippen LogP) is 5.67. The molecule has 1 aromatic heterocycles. The van der Waals surface area contributed by atoms with Gasteiger partial charge in [0.1, 0.15) is 5.82 Å². The molecule has 3 aromatic rings. The number of alkyl halides is 3. The molecule has 0 saturated carbocycles. The number of pyridine rings is 1. The van der Waals surface area contributed by atoms with Crippen LogP contribution in [-0.4, -0.2) is 66.6 Å². The van der Waals surface area contributed by atoms with Crippen molar-refractivity contribution in [3.8, 4) is 11.8 Å². The first-order chi connectivity index (χ1) is 20.2. The van der Waals surface area contributed by atoms with Crippen LogP contribution in [0.4, 0.5) is 24.7 Å². The minimum absolute atomic E-state index is 0.133. The molecule has 9 heteroatoms.